The number of nitrogens with zero attached hydrogens (tertiary/aromatic N) is 7. The Morgan fingerprint density at radius 1 is 1.22 bits per heavy atom. The van der Waals surface area contributed by atoms with Gasteiger partial charge in [-0.3, -0.25) is 9.59 Å². The summed E-state index contributed by atoms with van der Waals surface area (Å²) >= 11 is 0. The Bertz CT molecular complexity index is 1280. The number of hydrogen-bond acceptors (Lipinski definition) is 9. The predicted octanol–water partition coefficient (Wildman–Crippen LogP) is 2.56. The molecule has 2 aliphatic rings. The van der Waals surface area contributed by atoms with Crippen molar-refractivity contribution in [1.29, 1.82) is 0 Å². The Balaban J connectivity index is 1.40. The smallest absolute Gasteiger partial charge is 0.273 e. The molecule has 0 spiro atoms. The molecule has 1 atom stereocenters. The first-order chi connectivity index (χ1) is 17.3. The fraction of sp³-hybridized carbons (Fsp3) is 0.440. The molecule has 2 aliphatic heterocycles. The molecule has 2 amide bonds. The molecule has 4 heterocycles. The molecular weight excluding hydrogens is 460 g/mol. The molecular formula is C25H30N8O3. The molecule has 2 aromatic heterocycles. The zero-order valence-electron chi connectivity index (χ0n) is 20.9. The molecule has 36 heavy (non-hydrogen) atoms. The van der Waals surface area contributed by atoms with E-state index in [9.17, 15) is 9.59 Å². The highest BCUT2D eigenvalue weighted by Crippen LogP contribution is 2.32. The SMILES string of the molecule is CC(=O)N(C)C1CCN(c2nc(NCc3nc(-c4ccccc4)no3)c3c(n2)C(=O)N(C(C)C)C3)C1. The molecule has 1 saturated heterocycles. The third-order valence-corrected chi connectivity index (χ3v) is 6.81. The quantitative estimate of drug-likeness (QED) is 0.533. The lowest BCUT2D eigenvalue weighted by Crippen LogP contribution is -2.38. The number of benzene rings is 1. The van der Waals surface area contributed by atoms with Crippen LogP contribution in [0.1, 0.15) is 49.1 Å². The van der Waals surface area contributed by atoms with Crippen molar-refractivity contribution in [3.8, 4) is 11.4 Å². The summed E-state index contributed by atoms with van der Waals surface area (Å²) in [6.07, 6.45) is 0.815. The van der Waals surface area contributed by atoms with E-state index in [1.807, 2.05) is 56.1 Å². The molecule has 0 bridgehead atoms. The second kappa shape index (κ2) is 9.56. The molecule has 1 aromatic carbocycles. The molecule has 0 aliphatic carbocycles. The van der Waals surface area contributed by atoms with Crippen molar-refractivity contribution in [3.05, 3.63) is 47.5 Å². The molecule has 1 N–H and O–H groups in total. The van der Waals surface area contributed by atoms with Gasteiger partial charge in [0, 0.05) is 44.2 Å². The Hall–Kier alpha value is -4.02. The standard InChI is InChI=1S/C25H30N8O3/c1-15(2)33-14-19-21(24(33)35)28-25(32-11-10-18(13-32)31(4)16(3)34)29-23(19)26-12-20-27-22(30-36-20)17-8-6-5-7-9-17/h5-9,15,18H,10-14H2,1-4H3,(H,26,28,29). The Labute approximate surface area is 209 Å². The maximum atomic E-state index is 13.1. The van der Waals surface area contributed by atoms with E-state index in [0.29, 0.717) is 48.8 Å². The highest BCUT2D eigenvalue weighted by atomic mass is 16.5. The molecule has 11 heteroatoms. The molecule has 11 nitrogen and oxygen atoms in total. The largest absolute Gasteiger partial charge is 0.361 e. The van der Waals surface area contributed by atoms with Crippen LogP contribution in [0, 0.1) is 0 Å². The third-order valence-electron chi connectivity index (χ3n) is 6.81. The summed E-state index contributed by atoms with van der Waals surface area (Å²) in [5.74, 6) is 1.90. The normalized spacial score (nSPS) is 17.1. The molecule has 5 rings (SSSR count). The number of hydrogen-bond donors (Lipinski definition) is 1. The number of amides is 2. The van der Waals surface area contributed by atoms with Gasteiger partial charge in [-0.15, -0.1) is 0 Å². The third kappa shape index (κ3) is 4.48. The number of anilines is 2. The zero-order valence-corrected chi connectivity index (χ0v) is 20.9. The van der Waals surface area contributed by atoms with Crippen molar-refractivity contribution in [1.82, 2.24) is 29.9 Å². The van der Waals surface area contributed by atoms with Gasteiger partial charge in [-0.05, 0) is 20.3 Å². The molecule has 3 aromatic rings. The lowest BCUT2D eigenvalue weighted by molar-refractivity contribution is -0.129. The fourth-order valence-electron chi connectivity index (χ4n) is 4.57. The van der Waals surface area contributed by atoms with Gasteiger partial charge in [0.2, 0.25) is 23.6 Å². The van der Waals surface area contributed by atoms with Crippen LogP contribution in [0.4, 0.5) is 11.8 Å². The molecule has 188 valence electrons. The minimum Gasteiger partial charge on any atom is -0.361 e. The fourth-order valence-corrected chi connectivity index (χ4v) is 4.57. The Morgan fingerprint density at radius 3 is 2.72 bits per heavy atom. The van der Waals surface area contributed by atoms with Gasteiger partial charge in [-0.2, -0.15) is 9.97 Å². The van der Waals surface area contributed by atoms with E-state index in [1.54, 1.807) is 16.7 Å². The maximum absolute atomic E-state index is 13.1. The number of fused-ring (bicyclic) bond motifs is 1. The van der Waals surface area contributed by atoms with E-state index in [0.717, 1.165) is 17.5 Å². The van der Waals surface area contributed by atoms with Crippen LogP contribution in [0.3, 0.4) is 0 Å². The molecule has 1 fully saturated rings. The van der Waals surface area contributed by atoms with Crippen LogP contribution in [-0.2, 0) is 17.9 Å². The van der Waals surface area contributed by atoms with Crippen molar-refractivity contribution < 1.29 is 14.1 Å². The summed E-state index contributed by atoms with van der Waals surface area (Å²) < 4.78 is 5.44. The van der Waals surface area contributed by atoms with Crippen LogP contribution in [0.2, 0.25) is 0 Å². The predicted molar refractivity (Wildman–Crippen MR) is 133 cm³/mol. The van der Waals surface area contributed by atoms with Crippen molar-refractivity contribution in [2.75, 3.05) is 30.4 Å². The van der Waals surface area contributed by atoms with Gasteiger partial charge < -0.3 is 24.5 Å². The topological polar surface area (TPSA) is 121 Å². The second-order valence-electron chi connectivity index (χ2n) is 9.48. The highest BCUT2D eigenvalue weighted by molar-refractivity contribution is 5.98. The summed E-state index contributed by atoms with van der Waals surface area (Å²) in [4.78, 5) is 44.5. The van der Waals surface area contributed by atoms with Crippen LogP contribution in [-0.4, -0.2) is 73.9 Å². The van der Waals surface area contributed by atoms with Gasteiger partial charge in [-0.25, -0.2) is 4.98 Å². The summed E-state index contributed by atoms with van der Waals surface area (Å²) in [5.41, 5.74) is 2.04. The number of likely N-dealkylation sites (N-methyl/N-ethyl adjacent to an activating group) is 1. The van der Waals surface area contributed by atoms with Crippen LogP contribution >= 0.6 is 0 Å². The van der Waals surface area contributed by atoms with E-state index in [1.165, 1.54) is 0 Å². The van der Waals surface area contributed by atoms with Gasteiger partial charge in [0.15, 0.2) is 0 Å². The zero-order chi connectivity index (χ0) is 25.4. The monoisotopic (exact) mass is 490 g/mol. The van der Waals surface area contributed by atoms with Gasteiger partial charge in [0.1, 0.15) is 11.5 Å². The first kappa shape index (κ1) is 23.7. The van der Waals surface area contributed by atoms with Crippen molar-refractivity contribution in [2.45, 2.75) is 52.4 Å². The summed E-state index contributed by atoms with van der Waals surface area (Å²) in [6, 6.07) is 9.73. The van der Waals surface area contributed by atoms with E-state index < -0.39 is 0 Å². The van der Waals surface area contributed by atoms with Crippen LogP contribution in [0.5, 0.6) is 0 Å². The van der Waals surface area contributed by atoms with Crippen LogP contribution in [0.15, 0.2) is 34.9 Å². The average molecular weight is 491 g/mol. The lowest BCUT2D eigenvalue weighted by atomic mass is 10.2. The average Bonchev–Trinajstić information content (AvgIpc) is 3.62. The summed E-state index contributed by atoms with van der Waals surface area (Å²) in [5, 5.41) is 7.38. The minimum absolute atomic E-state index is 0.0243. The maximum Gasteiger partial charge on any atom is 0.273 e. The number of carbonyl (C=O) groups is 2. The number of nitrogens with one attached hydrogen (secondary N) is 1. The first-order valence-electron chi connectivity index (χ1n) is 12.1. The number of aromatic nitrogens is 4. The van der Waals surface area contributed by atoms with Gasteiger partial charge in [0.25, 0.3) is 5.91 Å². The minimum atomic E-state index is -0.104. The number of carbonyl (C=O) groups excluding carboxylic acids is 2. The second-order valence-corrected chi connectivity index (χ2v) is 9.48. The molecule has 0 saturated carbocycles. The van der Waals surface area contributed by atoms with Crippen molar-refractivity contribution in [3.63, 3.8) is 0 Å². The van der Waals surface area contributed by atoms with Gasteiger partial charge >= 0.3 is 0 Å². The van der Waals surface area contributed by atoms with E-state index in [4.69, 9.17) is 9.51 Å². The van der Waals surface area contributed by atoms with Crippen LogP contribution < -0.4 is 10.2 Å². The van der Waals surface area contributed by atoms with Gasteiger partial charge in [-0.1, -0.05) is 35.5 Å². The van der Waals surface area contributed by atoms with E-state index in [-0.39, 0.29) is 30.4 Å². The van der Waals surface area contributed by atoms with Crippen LogP contribution in [0.25, 0.3) is 11.4 Å². The van der Waals surface area contributed by atoms with E-state index >= 15 is 0 Å². The first-order valence-corrected chi connectivity index (χ1v) is 12.1. The Morgan fingerprint density at radius 2 is 2.00 bits per heavy atom. The molecule has 1 unspecified atom stereocenters. The molecule has 0 radical (unpaired) electrons. The lowest BCUT2D eigenvalue weighted by Gasteiger charge is -2.24. The van der Waals surface area contributed by atoms with E-state index in [2.05, 4.69) is 20.4 Å². The highest BCUT2D eigenvalue weighted by Gasteiger charge is 2.36. The Kier molecular flexibility index (Phi) is 6.29. The van der Waals surface area contributed by atoms with Crippen molar-refractivity contribution in [2.24, 2.45) is 0 Å². The van der Waals surface area contributed by atoms with Gasteiger partial charge in [0.05, 0.1) is 19.1 Å². The van der Waals surface area contributed by atoms with Crippen molar-refractivity contribution >= 4 is 23.6 Å². The summed E-state index contributed by atoms with van der Waals surface area (Å²) in [7, 11) is 1.81. The number of rotatable bonds is 7. The summed E-state index contributed by atoms with van der Waals surface area (Å²) in [6.45, 7) is 7.54.